The molecule has 4 N–H and O–H groups in total. The fourth-order valence-corrected chi connectivity index (χ4v) is 2.26. The van der Waals surface area contributed by atoms with Gasteiger partial charge in [0.25, 0.3) is 0 Å². The van der Waals surface area contributed by atoms with Crippen molar-refractivity contribution in [1.29, 1.82) is 0 Å². The lowest BCUT2D eigenvalue weighted by Crippen LogP contribution is -2.40. The molecule has 0 heterocycles. The molecule has 0 radical (unpaired) electrons. The quantitative estimate of drug-likeness (QED) is 0.292. The number of hydrogen-bond donors (Lipinski definition) is 3. The lowest BCUT2D eigenvalue weighted by atomic mass is 9.84. The summed E-state index contributed by atoms with van der Waals surface area (Å²) >= 11 is 0. The average molecular weight is 227 g/mol. The largest absolute Gasteiger partial charge is 0.409 e. The second-order valence-electron chi connectivity index (χ2n) is 4.52. The first-order valence-corrected chi connectivity index (χ1v) is 5.89. The van der Waals surface area contributed by atoms with Gasteiger partial charge in [-0.2, -0.15) is 0 Å². The van der Waals surface area contributed by atoms with Crippen LogP contribution in [0.4, 0.5) is 0 Å². The van der Waals surface area contributed by atoms with E-state index in [-0.39, 0.29) is 24.2 Å². The number of carbonyl (C=O) groups excluding carboxylic acids is 1. The van der Waals surface area contributed by atoms with E-state index in [9.17, 15) is 4.79 Å². The Morgan fingerprint density at radius 3 is 2.69 bits per heavy atom. The summed E-state index contributed by atoms with van der Waals surface area (Å²) in [5.74, 6) is 0.353. The molecule has 5 heteroatoms. The number of nitrogens with two attached hydrogens (primary N) is 1. The van der Waals surface area contributed by atoms with Crippen molar-refractivity contribution in [3.8, 4) is 0 Å². The molecule has 5 nitrogen and oxygen atoms in total. The summed E-state index contributed by atoms with van der Waals surface area (Å²) < 4.78 is 0. The minimum atomic E-state index is -0.173. The highest BCUT2D eigenvalue weighted by Gasteiger charge is 2.21. The Labute approximate surface area is 96.1 Å². The van der Waals surface area contributed by atoms with Crippen molar-refractivity contribution in [1.82, 2.24) is 5.32 Å². The number of amides is 1. The van der Waals surface area contributed by atoms with E-state index >= 15 is 0 Å². The predicted molar refractivity (Wildman–Crippen MR) is 62.2 cm³/mol. The highest BCUT2D eigenvalue weighted by atomic mass is 16.4. The summed E-state index contributed by atoms with van der Waals surface area (Å²) in [6.07, 6.45) is 6.15. The fourth-order valence-electron chi connectivity index (χ4n) is 2.26. The van der Waals surface area contributed by atoms with E-state index < -0.39 is 0 Å². The van der Waals surface area contributed by atoms with Crippen LogP contribution in [0.15, 0.2) is 5.16 Å². The number of amidine groups is 1. The molecule has 1 aliphatic carbocycles. The molecule has 1 atom stereocenters. The Hall–Kier alpha value is -1.26. The Morgan fingerprint density at radius 1 is 1.50 bits per heavy atom. The number of nitrogens with zero attached hydrogens (tertiary/aromatic N) is 1. The van der Waals surface area contributed by atoms with Gasteiger partial charge in [0.05, 0.1) is 6.42 Å². The molecule has 0 saturated heterocycles. The average Bonchev–Trinajstić information content (AvgIpc) is 2.29. The molecule has 0 aromatic rings. The van der Waals surface area contributed by atoms with Crippen molar-refractivity contribution in [2.75, 3.05) is 0 Å². The first kappa shape index (κ1) is 12.8. The van der Waals surface area contributed by atoms with Crippen LogP contribution in [0.3, 0.4) is 0 Å². The Kier molecular flexibility index (Phi) is 5.08. The molecule has 1 rings (SSSR count). The van der Waals surface area contributed by atoms with Gasteiger partial charge >= 0.3 is 0 Å². The lowest BCUT2D eigenvalue weighted by Gasteiger charge is -2.28. The van der Waals surface area contributed by atoms with Crippen LogP contribution >= 0.6 is 0 Å². The smallest absolute Gasteiger partial charge is 0.227 e. The summed E-state index contributed by atoms with van der Waals surface area (Å²) in [6.45, 7) is 2.03. The third-order valence-corrected chi connectivity index (χ3v) is 3.22. The van der Waals surface area contributed by atoms with Crippen LogP contribution in [0.2, 0.25) is 0 Å². The zero-order valence-electron chi connectivity index (χ0n) is 9.78. The minimum Gasteiger partial charge on any atom is -0.409 e. The van der Waals surface area contributed by atoms with Gasteiger partial charge in [0.1, 0.15) is 5.84 Å². The zero-order chi connectivity index (χ0) is 12.0. The van der Waals surface area contributed by atoms with Crippen LogP contribution in [0.1, 0.15) is 45.4 Å². The third-order valence-electron chi connectivity index (χ3n) is 3.22. The maximum Gasteiger partial charge on any atom is 0.227 e. The van der Waals surface area contributed by atoms with Gasteiger partial charge in [-0.15, -0.1) is 0 Å². The first-order valence-electron chi connectivity index (χ1n) is 5.89. The number of rotatable bonds is 4. The second-order valence-corrected chi connectivity index (χ2v) is 4.52. The molecule has 1 unspecified atom stereocenters. The molecule has 0 aromatic carbocycles. The van der Waals surface area contributed by atoms with Crippen LogP contribution in [0, 0.1) is 5.92 Å². The highest BCUT2D eigenvalue weighted by Crippen LogP contribution is 2.26. The molecule has 0 bridgehead atoms. The third kappa shape index (κ3) is 4.08. The Bertz CT molecular complexity index is 260. The summed E-state index contributed by atoms with van der Waals surface area (Å²) in [5.41, 5.74) is 5.27. The molecule has 0 aliphatic heterocycles. The van der Waals surface area contributed by atoms with Gasteiger partial charge in [0, 0.05) is 6.04 Å². The SMILES string of the molecule is CC(NC(=O)CC(N)=NO)C1CCCCC1. The maximum absolute atomic E-state index is 11.5. The van der Waals surface area contributed by atoms with Crippen molar-refractivity contribution in [3.63, 3.8) is 0 Å². The van der Waals surface area contributed by atoms with E-state index in [0.717, 1.165) is 0 Å². The van der Waals surface area contributed by atoms with Crippen molar-refractivity contribution in [2.45, 2.75) is 51.5 Å². The van der Waals surface area contributed by atoms with Crippen LogP contribution in [0.25, 0.3) is 0 Å². The topological polar surface area (TPSA) is 87.7 Å². The van der Waals surface area contributed by atoms with Gasteiger partial charge in [-0.25, -0.2) is 0 Å². The van der Waals surface area contributed by atoms with Crippen LogP contribution in [-0.2, 0) is 4.79 Å². The number of oxime groups is 1. The van der Waals surface area contributed by atoms with Crippen molar-refractivity contribution in [2.24, 2.45) is 16.8 Å². The summed E-state index contributed by atoms with van der Waals surface area (Å²) in [4.78, 5) is 11.5. The summed E-state index contributed by atoms with van der Waals surface area (Å²) in [7, 11) is 0. The molecule has 1 fully saturated rings. The first-order chi connectivity index (χ1) is 7.63. The van der Waals surface area contributed by atoms with Crippen LogP contribution in [-0.4, -0.2) is 23.0 Å². The Morgan fingerprint density at radius 2 is 2.12 bits per heavy atom. The van der Waals surface area contributed by atoms with Gasteiger partial charge in [-0.1, -0.05) is 24.4 Å². The number of carbonyl (C=O) groups is 1. The second kappa shape index (κ2) is 6.35. The molecule has 0 spiro atoms. The molecule has 1 aliphatic rings. The molecule has 16 heavy (non-hydrogen) atoms. The molecular weight excluding hydrogens is 206 g/mol. The highest BCUT2D eigenvalue weighted by molar-refractivity contribution is 5.98. The molecule has 92 valence electrons. The van der Waals surface area contributed by atoms with Gasteiger partial charge in [0.15, 0.2) is 0 Å². The van der Waals surface area contributed by atoms with E-state index in [1.54, 1.807) is 0 Å². The molecule has 0 aromatic heterocycles. The molecule has 1 amide bonds. The zero-order valence-corrected chi connectivity index (χ0v) is 9.78. The van der Waals surface area contributed by atoms with Crippen molar-refractivity contribution >= 4 is 11.7 Å². The lowest BCUT2D eigenvalue weighted by molar-refractivity contribution is -0.121. The minimum absolute atomic E-state index is 0.0342. The summed E-state index contributed by atoms with van der Waals surface area (Å²) in [6, 6.07) is 0.180. The molecular formula is C11H21N3O2. The van der Waals surface area contributed by atoms with Crippen molar-refractivity contribution < 1.29 is 10.0 Å². The van der Waals surface area contributed by atoms with E-state index in [1.807, 2.05) is 6.92 Å². The summed E-state index contributed by atoms with van der Waals surface area (Å²) in [5, 5.41) is 14.0. The number of nitrogens with one attached hydrogen (secondary N) is 1. The standard InChI is InChI=1S/C11H21N3O2/c1-8(9-5-3-2-4-6-9)13-11(15)7-10(12)14-16/h8-9,16H,2-7H2,1H3,(H2,12,14)(H,13,15). The fraction of sp³-hybridized carbons (Fsp3) is 0.818. The van der Waals surface area contributed by atoms with E-state index in [1.165, 1.54) is 32.1 Å². The monoisotopic (exact) mass is 227 g/mol. The van der Waals surface area contributed by atoms with Gasteiger partial charge in [-0.3, -0.25) is 4.79 Å². The normalized spacial score (nSPS) is 20.4. The van der Waals surface area contributed by atoms with Crippen LogP contribution in [0.5, 0.6) is 0 Å². The van der Waals surface area contributed by atoms with Crippen LogP contribution < -0.4 is 11.1 Å². The number of hydrogen-bond acceptors (Lipinski definition) is 3. The van der Waals surface area contributed by atoms with Crippen molar-refractivity contribution in [3.05, 3.63) is 0 Å². The van der Waals surface area contributed by atoms with Gasteiger partial charge < -0.3 is 16.3 Å². The predicted octanol–water partition coefficient (Wildman–Crippen LogP) is 1.21. The van der Waals surface area contributed by atoms with Gasteiger partial charge in [0.2, 0.25) is 5.91 Å². The maximum atomic E-state index is 11.5. The molecule has 1 saturated carbocycles. The Balaban J connectivity index is 2.32. The van der Waals surface area contributed by atoms with Gasteiger partial charge in [-0.05, 0) is 25.7 Å². The van der Waals surface area contributed by atoms with E-state index in [4.69, 9.17) is 10.9 Å². The van der Waals surface area contributed by atoms with E-state index in [0.29, 0.717) is 5.92 Å². The van der Waals surface area contributed by atoms with E-state index in [2.05, 4.69) is 10.5 Å².